The van der Waals surface area contributed by atoms with Gasteiger partial charge in [0.1, 0.15) is 23.7 Å². The Morgan fingerprint density at radius 3 is 2.67 bits per heavy atom. The first-order valence-corrected chi connectivity index (χ1v) is 12.9. The lowest BCUT2D eigenvalue weighted by Crippen LogP contribution is -2.49. The van der Waals surface area contributed by atoms with Crippen LogP contribution in [0, 0.1) is 0 Å². The average molecular weight is 543 g/mol. The summed E-state index contributed by atoms with van der Waals surface area (Å²) in [6.07, 6.45) is -2.40. The van der Waals surface area contributed by atoms with Crippen LogP contribution < -0.4 is 4.90 Å². The number of anilines is 1. The second-order valence-electron chi connectivity index (χ2n) is 10.7. The number of carbonyl (C=O) groups excluding carboxylic acids is 1. The summed E-state index contributed by atoms with van der Waals surface area (Å²) >= 11 is 0. The number of ether oxygens (including phenoxy) is 2. The maximum Gasteiger partial charge on any atom is 0.433 e. The lowest BCUT2D eigenvalue weighted by atomic mass is 9.75. The monoisotopic (exact) mass is 542 g/mol. The number of rotatable bonds is 6. The number of aromatic nitrogens is 4. The summed E-state index contributed by atoms with van der Waals surface area (Å²) in [5.41, 5.74) is 1.26. The molecule has 3 aliphatic rings. The second-order valence-corrected chi connectivity index (χ2v) is 10.7. The summed E-state index contributed by atoms with van der Waals surface area (Å²) in [4.78, 5) is 20.9. The first kappa shape index (κ1) is 25.9. The fraction of sp³-hybridized carbons (Fsp3) is 0.481. The van der Waals surface area contributed by atoms with Crippen LogP contribution in [0.25, 0.3) is 0 Å². The highest BCUT2D eigenvalue weighted by Gasteiger charge is 2.43. The number of alkyl halides is 3. The van der Waals surface area contributed by atoms with Crippen molar-refractivity contribution in [1.29, 1.82) is 0 Å². The highest BCUT2D eigenvalue weighted by Crippen LogP contribution is 2.39. The molecule has 0 unspecified atom stereocenters. The largest absolute Gasteiger partial charge is 0.433 e. The molecule has 6 rings (SSSR count). The summed E-state index contributed by atoms with van der Waals surface area (Å²) in [5, 5.41) is 8.16. The molecule has 39 heavy (non-hydrogen) atoms. The molecule has 1 amide bonds. The van der Waals surface area contributed by atoms with Gasteiger partial charge in [0.15, 0.2) is 0 Å². The molecule has 206 valence electrons. The third-order valence-electron chi connectivity index (χ3n) is 7.75. The number of hydrogen-bond donors (Lipinski definition) is 0. The van der Waals surface area contributed by atoms with Gasteiger partial charge >= 0.3 is 6.18 Å². The smallest absolute Gasteiger partial charge is 0.379 e. The lowest BCUT2D eigenvalue weighted by Gasteiger charge is -2.41. The highest BCUT2D eigenvalue weighted by molar-refractivity contribution is 6.09. The molecule has 5 heterocycles. The van der Waals surface area contributed by atoms with Crippen molar-refractivity contribution in [2.24, 2.45) is 7.05 Å². The van der Waals surface area contributed by atoms with Gasteiger partial charge in [0, 0.05) is 44.1 Å². The molecule has 3 aliphatic heterocycles. The van der Waals surface area contributed by atoms with Crippen LogP contribution in [0.1, 0.15) is 45.5 Å². The lowest BCUT2D eigenvalue weighted by molar-refractivity contribution is -0.141. The first-order valence-electron chi connectivity index (χ1n) is 12.9. The van der Waals surface area contributed by atoms with E-state index in [4.69, 9.17) is 9.47 Å². The molecule has 0 spiro atoms. The molecule has 9 nitrogen and oxygen atoms in total. The van der Waals surface area contributed by atoms with Crippen molar-refractivity contribution in [3.8, 4) is 0 Å². The van der Waals surface area contributed by atoms with Gasteiger partial charge in [0.05, 0.1) is 32.5 Å². The molecule has 2 saturated heterocycles. The number of carbonyl (C=O) groups is 1. The molecule has 2 fully saturated rings. The van der Waals surface area contributed by atoms with Gasteiger partial charge in [0.25, 0.3) is 5.91 Å². The Morgan fingerprint density at radius 1 is 1.18 bits per heavy atom. The van der Waals surface area contributed by atoms with E-state index in [2.05, 4.69) is 20.1 Å². The molecule has 0 N–H and O–H groups in total. The van der Waals surface area contributed by atoms with Gasteiger partial charge in [-0.3, -0.25) is 14.6 Å². The molecule has 3 aromatic rings. The van der Waals surface area contributed by atoms with E-state index in [1.54, 1.807) is 12.4 Å². The van der Waals surface area contributed by atoms with E-state index < -0.39 is 11.9 Å². The molecule has 0 radical (unpaired) electrons. The zero-order chi connectivity index (χ0) is 27.4. The topological polar surface area (TPSA) is 85.6 Å². The molecule has 0 saturated carbocycles. The first-order chi connectivity index (χ1) is 18.6. The number of aryl methyl sites for hydroxylation is 1. The fourth-order valence-corrected chi connectivity index (χ4v) is 5.54. The minimum absolute atomic E-state index is 0.00373. The number of halogens is 3. The van der Waals surface area contributed by atoms with E-state index in [-0.39, 0.29) is 29.8 Å². The van der Waals surface area contributed by atoms with Crippen molar-refractivity contribution in [3.63, 3.8) is 0 Å². The summed E-state index contributed by atoms with van der Waals surface area (Å²) in [5.74, 6) is 0.449. The Hall–Kier alpha value is -3.35. The Bertz CT molecular complexity index is 1400. The minimum atomic E-state index is -4.64. The number of hydrogen-bond acceptors (Lipinski definition) is 7. The summed E-state index contributed by atoms with van der Waals surface area (Å²) < 4.78 is 54.5. The van der Waals surface area contributed by atoms with Gasteiger partial charge in [0.2, 0.25) is 0 Å². The van der Waals surface area contributed by atoms with E-state index in [0.29, 0.717) is 57.0 Å². The number of pyridine rings is 1. The molecule has 12 heteroatoms. The van der Waals surface area contributed by atoms with Crippen molar-refractivity contribution in [3.05, 3.63) is 70.4 Å². The summed E-state index contributed by atoms with van der Waals surface area (Å²) in [6.45, 7) is 5.14. The molecule has 1 aromatic carbocycles. The van der Waals surface area contributed by atoms with Crippen molar-refractivity contribution in [2.45, 2.75) is 44.1 Å². The Labute approximate surface area is 223 Å². The van der Waals surface area contributed by atoms with E-state index >= 15 is 0 Å². The van der Waals surface area contributed by atoms with Crippen LogP contribution in [0.5, 0.6) is 0 Å². The van der Waals surface area contributed by atoms with Crippen LogP contribution in [-0.4, -0.2) is 69.6 Å². The summed E-state index contributed by atoms with van der Waals surface area (Å²) in [6, 6.07) is 8.36. The predicted octanol–water partition coefficient (Wildman–Crippen LogP) is 3.12. The predicted molar refractivity (Wildman–Crippen MR) is 134 cm³/mol. The summed E-state index contributed by atoms with van der Waals surface area (Å²) in [7, 11) is 1.88. The standard InChI is InChI=1S/C27H29F3N6O3/c1-17-11-35(5-6-39-17)12-18-7-22(27(28,29)30)32-23(8-18)36-13-19-3-4-20(9-21(19)25(36)37)26(14-38-15-26)10-24-33-31-16-34(24)2/h3-4,7-9,16-17H,5-6,10-15H2,1-2H3/t17-/m1/s1. The van der Waals surface area contributed by atoms with Crippen LogP contribution in [0.3, 0.4) is 0 Å². The number of fused-ring (bicyclic) bond motifs is 1. The average Bonchev–Trinajstić information content (AvgIpc) is 3.42. The zero-order valence-corrected chi connectivity index (χ0v) is 21.7. The Kier molecular flexibility index (Phi) is 6.43. The molecule has 2 aromatic heterocycles. The maximum absolute atomic E-state index is 13.8. The maximum atomic E-state index is 13.8. The molecule has 0 aliphatic carbocycles. The van der Waals surface area contributed by atoms with Gasteiger partial charge in [-0.15, -0.1) is 10.2 Å². The van der Waals surface area contributed by atoms with Crippen LogP contribution in [0.2, 0.25) is 0 Å². The number of morpholine rings is 1. The molecule has 1 atom stereocenters. The highest BCUT2D eigenvalue weighted by atomic mass is 19.4. The van der Waals surface area contributed by atoms with Gasteiger partial charge in [-0.2, -0.15) is 13.2 Å². The van der Waals surface area contributed by atoms with E-state index in [0.717, 1.165) is 23.0 Å². The zero-order valence-electron chi connectivity index (χ0n) is 21.7. The Morgan fingerprint density at radius 2 is 2.00 bits per heavy atom. The third-order valence-corrected chi connectivity index (χ3v) is 7.75. The number of nitrogens with zero attached hydrogens (tertiary/aromatic N) is 6. The molecule has 0 bridgehead atoms. The van der Waals surface area contributed by atoms with E-state index in [9.17, 15) is 18.0 Å². The SMILES string of the molecule is C[C@@H]1CN(Cc2cc(N3Cc4ccc(C5(Cc6nncn6C)COC5)cc4C3=O)nc(C(F)(F)F)c2)CCO1. The third kappa shape index (κ3) is 4.92. The van der Waals surface area contributed by atoms with Gasteiger partial charge in [-0.25, -0.2) is 4.98 Å². The van der Waals surface area contributed by atoms with Crippen molar-refractivity contribution in [1.82, 2.24) is 24.6 Å². The van der Waals surface area contributed by atoms with Crippen LogP contribution in [0.4, 0.5) is 19.0 Å². The minimum Gasteiger partial charge on any atom is -0.379 e. The molecular formula is C27H29F3N6O3. The number of benzene rings is 1. The normalized spacial score (nSPS) is 21.2. The Balaban J connectivity index is 1.29. The quantitative estimate of drug-likeness (QED) is 0.473. The van der Waals surface area contributed by atoms with Crippen molar-refractivity contribution in [2.75, 3.05) is 37.8 Å². The number of amides is 1. The van der Waals surface area contributed by atoms with E-state index in [1.807, 2.05) is 36.7 Å². The van der Waals surface area contributed by atoms with Crippen molar-refractivity contribution >= 4 is 11.7 Å². The van der Waals surface area contributed by atoms with Gasteiger partial charge in [-0.05, 0) is 41.8 Å². The molecular weight excluding hydrogens is 513 g/mol. The van der Waals surface area contributed by atoms with E-state index in [1.165, 1.54) is 4.90 Å². The fourth-order valence-electron chi connectivity index (χ4n) is 5.54. The van der Waals surface area contributed by atoms with Crippen LogP contribution in [0.15, 0.2) is 36.7 Å². The van der Waals surface area contributed by atoms with Crippen molar-refractivity contribution < 1.29 is 27.4 Å². The van der Waals surface area contributed by atoms with Gasteiger partial charge in [-0.1, -0.05) is 12.1 Å². The van der Waals surface area contributed by atoms with Crippen LogP contribution >= 0.6 is 0 Å². The van der Waals surface area contributed by atoms with Crippen LogP contribution in [-0.2, 0) is 47.6 Å². The van der Waals surface area contributed by atoms with Gasteiger partial charge < -0.3 is 14.0 Å². The second kappa shape index (κ2) is 9.68.